The van der Waals surface area contributed by atoms with E-state index >= 15 is 0 Å². The summed E-state index contributed by atoms with van der Waals surface area (Å²) in [5.41, 5.74) is -0.0360. The molecule has 2 rings (SSSR count). The number of pyridine rings is 1. The number of rotatable bonds is 2. The predicted molar refractivity (Wildman–Crippen MR) is 63.1 cm³/mol. The second-order valence-electron chi connectivity index (χ2n) is 4.18. The molecule has 0 aliphatic carbocycles. The fraction of sp³-hybridized carbons (Fsp3) is 0.455. The molecule has 1 atom stereocenters. The Morgan fingerprint density at radius 3 is 3.06 bits per heavy atom. The van der Waals surface area contributed by atoms with E-state index in [0.29, 0.717) is 19.5 Å². The molecule has 1 aromatic heterocycles. The molecule has 0 unspecified atom stereocenters. The highest BCUT2D eigenvalue weighted by Crippen LogP contribution is 2.28. The van der Waals surface area contributed by atoms with Crippen LogP contribution in [0, 0.1) is 21.4 Å². The van der Waals surface area contributed by atoms with E-state index in [4.69, 9.17) is 5.26 Å². The van der Waals surface area contributed by atoms with E-state index in [1.807, 2.05) is 6.07 Å². The summed E-state index contributed by atoms with van der Waals surface area (Å²) in [6.45, 7) is 0.955. The molecule has 1 N–H and O–H groups in total. The van der Waals surface area contributed by atoms with Crippen LogP contribution in [0.3, 0.4) is 0 Å². The minimum atomic E-state index is -0.551. The molecule has 0 bridgehead atoms. The molecule has 0 spiro atoms. The Morgan fingerprint density at radius 1 is 1.67 bits per heavy atom. The molecule has 0 amide bonds. The largest absolute Gasteiger partial charge is 0.391 e. The molecule has 94 valence electrons. The lowest BCUT2D eigenvalue weighted by molar-refractivity contribution is -0.384. The Hall–Kier alpha value is -2.20. The van der Waals surface area contributed by atoms with Crippen LogP contribution in [-0.2, 0) is 0 Å². The van der Waals surface area contributed by atoms with Gasteiger partial charge in [-0.15, -0.1) is 0 Å². The molecule has 1 saturated heterocycles. The molecule has 0 radical (unpaired) electrons. The van der Waals surface area contributed by atoms with Crippen molar-refractivity contribution in [2.45, 2.75) is 18.9 Å². The van der Waals surface area contributed by atoms with E-state index in [-0.39, 0.29) is 17.1 Å². The highest BCUT2D eigenvalue weighted by molar-refractivity contribution is 5.60. The fourth-order valence-corrected chi connectivity index (χ4v) is 2.03. The van der Waals surface area contributed by atoms with Crippen molar-refractivity contribution in [1.82, 2.24) is 4.98 Å². The van der Waals surface area contributed by atoms with Gasteiger partial charge in [0.1, 0.15) is 6.07 Å². The van der Waals surface area contributed by atoms with Gasteiger partial charge in [0.2, 0.25) is 5.82 Å². The van der Waals surface area contributed by atoms with E-state index < -0.39 is 11.0 Å². The number of aliphatic hydroxyl groups excluding tert-OH is 1. The van der Waals surface area contributed by atoms with Gasteiger partial charge in [0.15, 0.2) is 0 Å². The summed E-state index contributed by atoms with van der Waals surface area (Å²) >= 11 is 0. The Balaban J connectivity index is 2.37. The third-order valence-corrected chi connectivity index (χ3v) is 2.87. The van der Waals surface area contributed by atoms with E-state index in [1.54, 1.807) is 4.90 Å². The molecule has 1 fully saturated rings. The number of hydrogen-bond acceptors (Lipinski definition) is 6. The van der Waals surface area contributed by atoms with Crippen molar-refractivity contribution >= 4 is 11.5 Å². The zero-order valence-corrected chi connectivity index (χ0v) is 9.61. The van der Waals surface area contributed by atoms with Crippen molar-refractivity contribution in [2.75, 3.05) is 18.0 Å². The fourth-order valence-electron chi connectivity index (χ4n) is 2.03. The van der Waals surface area contributed by atoms with Crippen LogP contribution in [-0.4, -0.2) is 34.2 Å². The average Bonchev–Trinajstić information content (AvgIpc) is 2.38. The quantitative estimate of drug-likeness (QED) is 0.614. The van der Waals surface area contributed by atoms with Gasteiger partial charge < -0.3 is 10.0 Å². The topological polar surface area (TPSA) is 103 Å². The van der Waals surface area contributed by atoms with Crippen LogP contribution in [0.25, 0.3) is 0 Å². The standard InChI is InChI=1S/C11H12N4O3/c12-5-8-4-10(15(17)18)11(13-6-8)14-3-1-2-9(16)7-14/h4,6,9,16H,1-3,7H2/t9-/m0/s1. The van der Waals surface area contributed by atoms with Crippen molar-refractivity contribution in [3.63, 3.8) is 0 Å². The summed E-state index contributed by atoms with van der Waals surface area (Å²) in [6.07, 6.45) is 2.28. The lowest BCUT2D eigenvalue weighted by Gasteiger charge is -2.30. The Labute approximate surface area is 103 Å². The molecule has 7 nitrogen and oxygen atoms in total. The normalized spacial score (nSPS) is 19.3. The molecular weight excluding hydrogens is 236 g/mol. The van der Waals surface area contributed by atoms with Crippen LogP contribution in [0.1, 0.15) is 18.4 Å². The van der Waals surface area contributed by atoms with Crippen LogP contribution in [0.2, 0.25) is 0 Å². The van der Waals surface area contributed by atoms with Crippen molar-refractivity contribution < 1.29 is 10.0 Å². The Morgan fingerprint density at radius 2 is 2.44 bits per heavy atom. The minimum Gasteiger partial charge on any atom is -0.391 e. The smallest absolute Gasteiger partial charge is 0.312 e. The van der Waals surface area contributed by atoms with Gasteiger partial charge >= 0.3 is 5.69 Å². The number of anilines is 1. The number of piperidine rings is 1. The summed E-state index contributed by atoms with van der Waals surface area (Å²) in [7, 11) is 0. The van der Waals surface area contributed by atoms with Crippen molar-refractivity contribution in [1.29, 1.82) is 5.26 Å². The van der Waals surface area contributed by atoms with Crippen LogP contribution in [0.5, 0.6) is 0 Å². The molecule has 1 aliphatic rings. The van der Waals surface area contributed by atoms with Crippen molar-refractivity contribution in [2.24, 2.45) is 0 Å². The van der Waals surface area contributed by atoms with Crippen LogP contribution in [0.4, 0.5) is 11.5 Å². The maximum Gasteiger partial charge on any atom is 0.312 e. The zero-order chi connectivity index (χ0) is 13.1. The van der Waals surface area contributed by atoms with Gasteiger partial charge in [-0.25, -0.2) is 4.98 Å². The summed E-state index contributed by atoms with van der Waals surface area (Å²) in [5.74, 6) is 0.220. The molecule has 2 heterocycles. The molecule has 1 aromatic rings. The number of nitrogens with zero attached hydrogens (tertiary/aromatic N) is 4. The highest BCUT2D eigenvalue weighted by atomic mass is 16.6. The number of nitro groups is 1. The van der Waals surface area contributed by atoms with Crippen LogP contribution < -0.4 is 4.90 Å². The first-order chi connectivity index (χ1) is 8.61. The first kappa shape index (κ1) is 12.3. The molecule has 18 heavy (non-hydrogen) atoms. The Bertz CT molecular complexity index is 512. The lowest BCUT2D eigenvalue weighted by Crippen LogP contribution is -2.39. The monoisotopic (exact) mass is 248 g/mol. The molecular formula is C11H12N4O3. The number of aromatic nitrogens is 1. The van der Waals surface area contributed by atoms with E-state index in [0.717, 1.165) is 6.42 Å². The van der Waals surface area contributed by atoms with Gasteiger partial charge in [-0.2, -0.15) is 5.26 Å². The second-order valence-corrected chi connectivity index (χ2v) is 4.18. The van der Waals surface area contributed by atoms with Crippen molar-refractivity contribution in [3.8, 4) is 6.07 Å². The summed E-state index contributed by atoms with van der Waals surface area (Å²) in [6, 6.07) is 3.04. The van der Waals surface area contributed by atoms with Gasteiger partial charge in [0, 0.05) is 25.4 Å². The first-order valence-corrected chi connectivity index (χ1v) is 5.59. The van der Waals surface area contributed by atoms with Crippen LogP contribution >= 0.6 is 0 Å². The van der Waals surface area contributed by atoms with Gasteiger partial charge in [0.05, 0.1) is 16.6 Å². The van der Waals surface area contributed by atoms with Gasteiger partial charge in [-0.3, -0.25) is 10.1 Å². The zero-order valence-electron chi connectivity index (χ0n) is 9.61. The third kappa shape index (κ3) is 2.38. The minimum absolute atomic E-state index is 0.156. The van der Waals surface area contributed by atoms with Crippen molar-refractivity contribution in [3.05, 3.63) is 27.9 Å². The maximum atomic E-state index is 11.0. The summed E-state index contributed by atoms with van der Waals surface area (Å²) < 4.78 is 0. The SMILES string of the molecule is N#Cc1cnc(N2CCC[C@H](O)C2)c([N+](=O)[O-])c1. The predicted octanol–water partition coefficient (Wildman–Crippen LogP) is 0.823. The molecule has 1 aliphatic heterocycles. The number of β-amino-alcohol motifs (C(OH)–C–C–N with tert-alkyl or cyclic N) is 1. The van der Waals surface area contributed by atoms with Gasteiger partial charge in [-0.05, 0) is 12.8 Å². The molecule has 7 heteroatoms. The van der Waals surface area contributed by atoms with Crippen LogP contribution in [0.15, 0.2) is 12.3 Å². The molecule has 0 aromatic carbocycles. The van der Waals surface area contributed by atoms with E-state index in [2.05, 4.69) is 4.98 Å². The Kier molecular flexibility index (Phi) is 3.39. The third-order valence-electron chi connectivity index (χ3n) is 2.87. The van der Waals surface area contributed by atoms with E-state index in [9.17, 15) is 15.2 Å². The van der Waals surface area contributed by atoms with Gasteiger partial charge in [-0.1, -0.05) is 0 Å². The highest BCUT2D eigenvalue weighted by Gasteiger charge is 2.26. The first-order valence-electron chi connectivity index (χ1n) is 5.59. The number of aliphatic hydroxyl groups is 1. The molecule has 0 saturated carbocycles. The second kappa shape index (κ2) is 4.98. The lowest BCUT2D eigenvalue weighted by atomic mass is 10.1. The average molecular weight is 248 g/mol. The van der Waals surface area contributed by atoms with E-state index in [1.165, 1.54) is 12.3 Å². The summed E-state index contributed by atoms with van der Waals surface area (Å²) in [5, 5.41) is 29.3. The maximum absolute atomic E-state index is 11.0. The van der Waals surface area contributed by atoms with Gasteiger partial charge in [0.25, 0.3) is 0 Å². The summed E-state index contributed by atoms with van der Waals surface area (Å²) in [4.78, 5) is 16.1. The number of nitriles is 1. The number of hydrogen-bond donors (Lipinski definition) is 1.